The molecule has 486 valence electrons. The highest BCUT2D eigenvalue weighted by atomic mass is 32.2. The van der Waals surface area contributed by atoms with Gasteiger partial charge in [0.15, 0.2) is 11.6 Å². The number of allylic oxidation sites excluding steroid dienone is 2. The van der Waals surface area contributed by atoms with Gasteiger partial charge in [-0.25, -0.2) is 4.79 Å². The van der Waals surface area contributed by atoms with E-state index in [2.05, 4.69) is 35.1 Å². The zero-order chi connectivity index (χ0) is 64.5. The monoisotopic (exact) mass is 1240 g/mol. The summed E-state index contributed by atoms with van der Waals surface area (Å²) in [6.45, 7) is 17.4. The van der Waals surface area contributed by atoms with E-state index in [9.17, 15) is 53.1 Å². The highest BCUT2D eigenvalue weighted by Gasteiger charge is 2.43. The van der Waals surface area contributed by atoms with Crippen LogP contribution in [-0.4, -0.2) is 179 Å². The summed E-state index contributed by atoms with van der Waals surface area (Å²) < 4.78 is 17.4. The maximum absolute atomic E-state index is 14.3. The Hall–Kier alpha value is -5.97. The van der Waals surface area contributed by atoms with Gasteiger partial charge in [0.1, 0.15) is 6.61 Å². The van der Waals surface area contributed by atoms with Gasteiger partial charge in [0, 0.05) is 71.7 Å². The molecule has 1 aliphatic carbocycles. The number of likely N-dealkylation sites (N-methyl/N-ethyl adjacent to an activating group) is 1. The molecule has 0 radical (unpaired) electrons. The third-order valence-electron chi connectivity index (χ3n) is 17.0. The fourth-order valence-corrected chi connectivity index (χ4v) is 12.9. The number of unbranched alkanes of at least 4 members (excludes halogenated alkanes) is 3. The van der Waals surface area contributed by atoms with Crippen molar-refractivity contribution < 1.29 is 67.3 Å². The van der Waals surface area contributed by atoms with Crippen molar-refractivity contribution >= 4 is 70.8 Å². The van der Waals surface area contributed by atoms with Crippen molar-refractivity contribution in [2.45, 2.75) is 218 Å². The van der Waals surface area contributed by atoms with Crippen LogP contribution in [0.2, 0.25) is 0 Å². The van der Waals surface area contributed by atoms with Crippen molar-refractivity contribution in [2.24, 2.45) is 23.7 Å². The summed E-state index contributed by atoms with van der Waals surface area (Å²) in [5.41, 5.74) is 2.03. The summed E-state index contributed by atoms with van der Waals surface area (Å²) in [7, 11) is 4.68. The number of likely N-dealkylation sites (tertiary alicyclic amines) is 2. The van der Waals surface area contributed by atoms with Crippen molar-refractivity contribution in [2.75, 3.05) is 47.4 Å². The van der Waals surface area contributed by atoms with E-state index in [-0.39, 0.29) is 128 Å². The highest BCUT2D eigenvalue weighted by Crippen LogP contribution is 2.32. The zero-order valence-electron chi connectivity index (χ0n) is 53.7. The molecule has 4 unspecified atom stereocenters. The van der Waals surface area contributed by atoms with Crippen molar-refractivity contribution in [3.05, 3.63) is 59.2 Å². The van der Waals surface area contributed by atoms with Crippen LogP contribution in [0.15, 0.2) is 48.1 Å². The average molecular weight is 1240 g/mol. The highest BCUT2D eigenvalue weighted by molar-refractivity contribution is 8.01. The Morgan fingerprint density at radius 2 is 1.53 bits per heavy atom. The minimum absolute atomic E-state index is 0.0188. The van der Waals surface area contributed by atoms with Gasteiger partial charge in [-0.3, -0.25) is 48.1 Å². The van der Waals surface area contributed by atoms with Crippen LogP contribution >= 0.6 is 11.8 Å². The van der Waals surface area contributed by atoms with Crippen LogP contribution in [0.1, 0.15) is 163 Å². The number of nitrogens with zero attached hydrogens (tertiary/aromatic N) is 3. The molecule has 3 aliphatic rings. The third-order valence-corrected chi connectivity index (χ3v) is 18.4. The quantitative estimate of drug-likeness (QED) is 0.0345. The number of benzene rings is 1. The first kappa shape index (κ1) is 73.5. The van der Waals surface area contributed by atoms with Crippen molar-refractivity contribution in [1.82, 2.24) is 36.0 Å². The maximum atomic E-state index is 14.3. The van der Waals surface area contributed by atoms with Crippen LogP contribution in [0, 0.1) is 23.7 Å². The molecule has 21 nitrogen and oxygen atoms in total. The van der Waals surface area contributed by atoms with Gasteiger partial charge in [-0.15, -0.1) is 11.8 Å². The van der Waals surface area contributed by atoms with E-state index in [4.69, 9.17) is 14.2 Å². The minimum atomic E-state index is -0.953. The van der Waals surface area contributed by atoms with Gasteiger partial charge < -0.3 is 50.4 Å². The van der Waals surface area contributed by atoms with E-state index in [0.717, 1.165) is 24.8 Å². The number of carbonyl (C=O) groups excluding carboxylic acids is 10. The number of amides is 8. The lowest BCUT2D eigenvalue weighted by Gasteiger charge is -2.39. The van der Waals surface area contributed by atoms with E-state index < -0.39 is 60.4 Å². The Morgan fingerprint density at radius 3 is 2.16 bits per heavy atom. The number of methoxy groups -OCH3 is 2. The number of nitrogens with one attached hydrogen (secondary N) is 4. The predicted octanol–water partition coefficient (Wildman–Crippen LogP) is 6.55. The number of rotatable bonds is 39. The van der Waals surface area contributed by atoms with Gasteiger partial charge in [0.2, 0.25) is 41.4 Å². The number of carbonyl (C=O) groups is 10. The molecular weight excluding hydrogens is 1130 g/mol. The molecule has 1 aromatic carbocycles. The number of hydrogen-bond donors (Lipinski definition) is 5. The average Bonchev–Trinajstić information content (AvgIpc) is 4.46. The molecule has 2 aliphatic heterocycles. The number of ketones is 2. The van der Waals surface area contributed by atoms with Gasteiger partial charge in [-0.2, -0.15) is 0 Å². The third kappa shape index (κ3) is 23.2. The normalized spacial score (nSPS) is 19.7. The van der Waals surface area contributed by atoms with Gasteiger partial charge in [-0.05, 0) is 73.5 Å². The fraction of sp³-hybridized carbons (Fsp3) is 0.692. The molecule has 0 spiro atoms. The number of hydrogen-bond acceptors (Lipinski definition) is 15. The standard InChI is InChI=1S/C65H101N7O14S/c1-13-15-20-43(7)87-53-36-58(79)72(64(53)82)31-18-16-17-22-54(75)67-38-55(76)66-37-49(73)34-46-24-26-47(27-25-46)39-86-65(83)69-59(40(3)4)51(74)29-30-56(77)70(10)60(42(6)14-2)52(84-11)35-57(78)71-32-19-21-50(71)62(85-12)44(8)63(81)68-45(9)61(80)48-28-23-41(5)33-48/h23-28,33,40-45,50,52-53,59-62,80H,13-22,29-32,34-39H2,1-12H3,(H,66,76)(H,67,75)(H,68,81)(H,69,83)/t41?,42-,43?,44-,45-,50-,52+,53?,59?,60-,61-,62+/m0/s1. The fourth-order valence-electron chi connectivity index (χ4n) is 11.6. The van der Waals surface area contributed by atoms with Gasteiger partial charge >= 0.3 is 6.09 Å². The first-order valence-electron chi connectivity index (χ1n) is 31.4. The second-order valence-corrected chi connectivity index (χ2v) is 25.9. The molecule has 0 aromatic heterocycles. The Balaban J connectivity index is 1.16. The maximum Gasteiger partial charge on any atom is 0.408 e. The molecule has 22 heteroatoms. The topological polar surface area (TPSA) is 276 Å². The van der Waals surface area contributed by atoms with Gasteiger partial charge in [-0.1, -0.05) is 124 Å². The number of aliphatic hydroxyl groups is 1. The lowest BCUT2D eigenvalue weighted by molar-refractivity contribution is -0.146. The van der Waals surface area contributed by atoms with Crippen LogP contribution in [0.25, 0.3) is 0 Å². The summed E-state index contributed by atoms with van der Waals surface area (Å²) in [6, 6.07) is 4.34. The number of thioether (sulfide) groups is 1. The first-order chi connectivity index (χ1) is 41.3. The van der Waals surface area contributed by atoms with Crippen molar-refractivity contribution in [3.63, 3.8) is 0 Å². The molecule has 1 aromatic rings. The summed E-state index contributed by atoms with van der Waals surface area (Å²) >= 11 is 1.58. The molecule has 5 N–H and O–H groups in total. The predicted molar refractivity (Wildman–Crippen MR) is 334 cm³/mol. The lowest BCUT2D eigenvalue weighted by Crippen LogP contribution is -2.54. The van der Waals surface area contributed by atoms with E-state index in [1.807, 2.05) is 39.0 Å². The molecule has 87 heavy (non-hydrogen) atoms. The largest absolute Gasteiger partial charge is 0.445 e. The zero-order valence-corrected chi connectivity index (χ0v) is 54.5. The van der Waals surface area contributed by atoms with Crippen molar-refractivity contribution in [1.29, 1.82) is 0 Å². The Kier molecular flexibility index (Phi) is 31.4. The van der Waals surface area contributed by atoms with Crippen LogP contribution in [0.4, 0.5) is 4.79 Å². The molecular formula is C65H101N7O14S. The summed E-state index contributed by atoms with van der Waals surface area (Å²) in [6.07, 6.45) is 9.76. The summed E-state index contributed by atoms with van der Waals surface area (Å²) in [5.74, 6) is -3.45. The molecule has 0 saturated carbocycles. The summed E-state index contributed by atoms with van der Waals surface area (Å²) in [5, 5.41) is 21.6. The summed E-state index contributed by atoms with van der Waals surface area (Å²) in [4.78, 5) is 136. The molecule has 2 saturated heterocycles. The molecule has 4 rings (SSSR count). The molecule has 12 atom stereocenters. The van der Waals surface area contributed by atoms with Crippen LogP contribution in [0.5, 0.6) is 0 Å². The SMILES string of the molecule is CCCCC(C)SC1CC(=O)N(CCCCCC(=O)NCC(=O)NCC(=O)Cc2ccc(COC(=O)NC(C(=O)CCC(=O)N(C)[C@@H]([C@@H](C)CC)[C@@H](CC(=O)N3CCC[C@H]3[C@H](OC)[C@H](C)C(=O)N[C@@H](C)[C@H](O)C3=CC(C)C=C3)OC)C(C)C)cc2)C1=O. The Bertz CT molecular complexity index is 2540. The van der Waals surface area contributed by atoms with E-state index in [1.165, 1.54) is 19.1 Å². The van der Waals surface area contributed by atoms with E-state index >= 15 is 0 Å². The van der Waals surface area contributed by atoms with Gasteiger partial charge in [0.25, 0.3) is 0 Å². The number of imide groups is 1. The molecule has 0 bridgehead atoms. The number of aliphatic hydroxyl groups excluding tert-OH is 1. The minimum Gasteiger partial charge on any atom is -0.445 e. The Labute approximate surface area is 520 Å². The Morgan fingerprint density at radius 1 is 0.839 bits per heavy atom. The molecule has 8 amide bonds. The molecule has 2 heterocycles. The van der Waals surface area contributed by atoms with Gasteiger partial charge in [0.05, 0.1) is 73.2 Å². The van der Waals surface area contributed by atoms with Crippen LogP contribution in [-0.2, 0) is 70.4 Å². The van der Waals surface area contributed by atoms with Crippen molar-refractivity contribution in [3.8, 4) is 0 Å². The lowest BCUT2D eigenvalue weighted by atomic mass is 9.90. The number of alkyl carbamates (subject to hydrolysis) is 1. The molecule has 2 fully saturated rings. The number of Topliss-reactive ketones (excluding diaryl/α,β-unsaturated/α-hetero) is 2. The number of ether oxygens (including phenoxy) is 3. The van der Waals surface area contributed by atoms with E-state index in [0.29, 0.717) is 68.0 Å². The van der Waals surface area contributed by atoms with E-state index in [1.54, 1.807) is 80.6 Å². The second-order valence-electron chi connectivity index (χ2n) is 24.2. The smallest absolute Gasteiger partial charge is 0.408 e. The first-order valence-corrected chi connectivity index (χ1v) is 32.4. The second kappa shape index (κ2) is 37.1. The van der Waals surface area contributed by atoms with Crippen LogP contribution in [0.3, 0.4) is 0 Å². The van der Waals surface area contributed by atoms with Crippen LogP contribution < -0.4 is 21.3 Å².